The van der Waals surface area contributed by atoms with Gasteiger partial charge < -0.3 is 0 Å². The van der Waals surface area contributed by atoms with E-state index in [0.717, 1.165) is 18.4 Å². The van der Waals surface area contributed by atoms with E-state index in [4.69, 9.17) is 4.89 Å². The quantitative estimate of drug-likeness (QED) is 0.583. The molecule has 0 heterocycles. The summed E-state index contributed by atoms with van der Waals surface area (Å²) in [5.41, 5.74) is 1.03. The molecule has 0 aliphatic heterocycles. The number of unbranched alkanes of at least 4 members (excludes halogenated alkanes) is 4. The smallest absolute Gasteiger partial charge is 0.156 e. The van der Waals surface area contributed by atoms with E-state index < -0.39 is 8.03 Å². The van der Waals surface area contributed by atoms with Gasteiger partial charge in [0.05, 0.1) is 0 Å². The highest BCUT2D eigenvalue weighted by atomic mass is 31.1. The number of rotatable bonds is 7. The first-order valence-electron chi connectivity index (χ1n) is 5.99. The second kappa shape index (κ2) is 7.54. The summed E-state index contributed by atoms with van der Waals surface area (Å²) in [7, 11) is -2.19. The second-order valence-corrected chi connectivity index (χ2v) is 5.09. The average molecular weight is 239 g/mol. The van der Waals surface area contributed by atoms with Crippen LogP contribution in [0.2, 0.25) is 0 Å². The van der Waals surface area contributed by atoms with Gasteiger partial charge in [-0.15, -0.1) is 0 Å². The van der Waals surface area contributed by atoms with Gasteiger partial charge in [-0.25, -0.2) is 0 Å². The summed E-state index contributed by atoms with van der Waals surface area (Å²) >= 11 is 0. The van der Waals surface area contributed by atoms with Gasteiger partial charge in [-0.05, 0) is 23.5 Å². The van der Waals surface area contributed by atoms with E-state index >= 15 is 0 Å². The summed E-state index contributed by atoms with van der Waals surface area (Å²) in [5.74, 6) is 0. The number of benzene rings is 1. The first-order chi connectivity index (χ1) is 7.75. The fraction of sp³-hybridized carbons (Fsp3) is 0.538. The summed E-state index contributed by atoms with van der Waals surface area (Å²) in [6, 6.07) is 7.46. The van der Waals surface area contributed by atoms with E-state index in [0.29, 0.717) is 5.30 Å². The van der Waals surface area contributed by atoms with Crippen molar-refractivity contribution in [2.75, 3.05) is 0 Å². The summed E-state index contributed by atoms with van der Waals surface area (Å²) in [6.07, 6.45) is 7.05. The molecule has 1 N–H and O–H groups in total. The van der Waals surface area contributed by atoms with E-state index in [-0.39, 0.29) is 0 Å². The molecule has 2 nitrogen and oxygen atoms in total. The maximum Gasteiger partial charge on any atom is 0.546 e. The molecule has 1 atom stereocenters. The Hall–Kier alpha value is -0.720. The van der Waals surface area contributed by atoms with Crippen LogP contribution in [0, 0.1) is 0 Å². The van der Waals surface area contributed by atoms with Gasteiger partial charge in [0.15, 0.2) is 0 Å². The normalized spacial score (nSPS) is 11.5. The molecule has 0 fully saturated rings. The predicted octanol–water partition coefficient (Wildman–Crippen LogP) is 3.56. The van der Waals surface area contributed by atoms with Crippen LogP contribution in [0.4, 0.5) is 0 Å². The molecule has 1 aromatic carbocycles. The largest absolute Gasteiger partial charge is 0.546 e. The highest BCUT2D eigenvalue weighted by molar-refractivity contribution is 7.47. The maximum absolute atomic E-state index is 11.1. The van der Waals surface area contributed by atoms with E-state index in [1.54, 1.807) is 6.07 Å². The van der Waals surface area contributed by atoms with Crippen molar-refractivity contribution < 1.29 is 9.46 Å². The van der Waals surface area contributed by atoms with Gasteiger partial charge in [0.2, 0.25) is 5.30 Å². The zero-order chi connectivity index (χ0) is 11.8. The van der Waals surface area contributed by atoms with Crippen LogP contribution in [0.25, 0.3) is 0 Å². The lowest BCUT2D eigenvalue weighted by Gasteiger charge is -2.01. The van der Waals surface area contributed by atoms with Crippen molar-refractivity contribution in [3.05, 3.63) is 29.8 Å². The van der Waals surface area contributed by atoms with Crippen molar-refractivity contribution in [2.45, 2.75) is 45.4 Å². The van der Waals surface area contributed by atoms with Crippen LogP contribution in [0.1, 0.15) is 44.6 Å². The minimum atomic E-state index is -2.19. The molecule has 0 amide bonds. The van der Waals surface area contributed by atoms with Gasteiger partial charge in [0.1, 0.15) is 0 Å². The summed E-state index contributed by atoms with van der Waals surface area (Å²) in [5, 5.41) is 0.605. The minimum Gasteiger partial charge on any atom is -0.156 e. The lowest BCUT2D eigenvalue weighted by Crippen LogP contribution is -2.04. The van der Waals surface area contributed by atoms with Gasteiger partial charge in [-0.2, -0.15) is 4.89 Å². The first kappa shape index (κ1) is 13.3. The fourth-order valence-corrected chi connectivity index (χ4v) is 2.47. The third-order valence-corrected chi connectivity index (χ3v) is 3.60. The molecule has 0 saturated heterocycles. The van der Waals surface area contributed by atoms with Gasteiger partial charge in [-0.3, -0.25) is 0 Å². The molecular weight excluding hydrogens is 219 g/mol. The highest BCUT2D eigenvalue weighted by Gasteiger charge is 2.19. The predicted molar refractivity (Wildman–Crippen MR) is 68.4 cm³/mol. The Morgan fingerprint density at radius 1 is 1.12 bits per heavy atom. The topological polar surface area (TPSA) is 37.3 Å². The molecule has 1 unspecified atom stereocenters. The molecule has 0 saturated carbocycles. The Morgan fingerprint density at radius 3 is 2.50 bits per heavy atom. The number of hydrogen-bond donors (Lipinski definition) is 1. The van der Waals surface area contributed by atoms with E-state index in [2.05, 4.69) is 6.92 Å². The molecule has 3 heteroatoms. The Morgan fingerprint density at radius 2 is 1.81 bits per heavy atom. The van der Waals surface area contributed by atoms with E-state index in [9.17, 15) is 4.57 Å². The highest BCUT2D eigenvalue weighted by Crippen LogP contribution is 2.18. The van der Waals surface area contributed by atoms with Crippen LogP contribution >= 0.6 is 8.03 Å². The summed E-state index contributed by atoms with van der Waals surface area (Å²) < 4.78 is 11.1. The van der Waals surface area contributed by atoms with Crippen LogP contribution in [-0.4, -0.2) is 4.89 Å². The van der Waals surface area contributed by atoms with Gasteiger partial charge in [0.25, 0.3) is 0 Å². The van der Waals surface area contributed by atoms with Crippen molar-refractivity contribution in [2.24, 2.45) is 0 Å². The molecule has 88 valence electrons. The van der Waals surface area contributed by atoms with Gasteiger partial charge in [0, 0.05) is 5.56 Å². The Balaban J connectivity index is 2.44. The second-order valence-electron chi connectivity index (χ2n) is 4.07. The van der Waals surface area contributed by atoms with Crippen molar-refractivity contribution >= 4 is 13.3 Å². The molecule has 1 aromatic rings. The Kier molecular flexibility index (Phi) is 6.29. The average Bonchev–Trinajstić information content (AvgIpc) is 2.29. The molecule has 0 aliphatic rings. The van der Waals surface area contributed by atoms with E-state index in [1.807, 2.05) is 18.2 Å². The van der Waals surface area contributed by atoms with Crippen LogP contribution in [0.3, 0.4) is 0 Å². The van der Waals surface area contributed by atoms with Crippen molar-refractivity contribution in [1.29, 1.82) is 0 Å². The van der Waals surface area contributed by atoms with Gasteiger partial charge >= 0.3 is 8.03 Å². The molecule has 1 rings (SSSR count). The lowest BCUT2D eigenvalue weighted by molar-refractivity contribution is 0.513. The molecule has 0 bridgehead atoms. The number of aryl methyl sites for hydroxylation is 1. The van der Waals surface area contributed by atoms with Gasteiger partial charge in [-0.1, -0.05) is 50.8 Å². The van der Waals surface area contributed by atoms with Crippen molar-refractivity contribution in [3.63, 3.8) is 0 Å². The zero-order valence-corrected chi connectivity index (χ0v) is 10.7. The third kappa shape index (κ3) is 4.42. The third-order valence-electron chi connectivity index (χ3n) is 2.75. The van der Waals surface area contributed by atoms with Crippen LogP contribution in [-0.2, 0) is 11.0 Å². The monoisotopic (exact) mass is 239 g/mol. The summed E-state index contributed by atoms with van der Waals surface area (Å²) in [4.78, 5) is 9.15. The SMILES string of the molecule is CCCCCCCc1ccccc1[P+](=O)O. The molecule has 0 spiro atoms. The Labute approximate surface area is 98.6 Å². The maximum atomic E-state index is 11.1. The zero-order valence-electron chi connectivity index (χ0n) is 9.85. The molecule has 0 radical (unpaired) electrons. The fourth-order valence-electron chi connectivity index (χ4n) is 1.83. The number of hydrogen-bond acceptors (Lipinski definition) is 1. The van der Waals surface area contributed by atoms with Crippen molar-refractivity contribution in [3.8, 4) is 0 Å². The minimum absolute atomic E-state index is 0.605. The summed E-state index contributed by atoms with van der Waals surface area (Å²) in [6.45, 7) is 2.20. The molecule has 0 aromatic heterocycles. The van der Waals surface area contributed by atoms with Crippen LogP contribution in [0.5, 0.6) is 0 Å². The standard InChI is InChI=1S/C13H19O2P/c1-2-3-4-5-6-9-12-10-7-8-11-13(12)16(14)15/h7-8,10-11H,2-6,9H2,1H3/p+1. The first-order valence-corrected chi connectivity index (χ1v) is 7.21. The molecule has 16 heavy (non-hydrogen) atoms. The lowest BCUT2D eigenvalue weighted by atomic mass is 10.1. The van der Waals surface area contributed by atoms with Crippen molar-refractivity contribution in [1.82, 2.24) is 0 Å². The van der Waals surface area contributed by atoms with Crippen LogP contribution in [0.15, 0.2) is 24.3 Å². The molecular formula is C13H20O2P+. The van der Waals surface area contributed by atoms with E-state index in [1.165, 1.54) is 25.7 Å². The van der Waals surface area contributed by atoms with Crippen LogP contribution < -0.4 is 5.30 Å². The molecule has 0 aliphatic carbocycles. The Bertz CT molecular complexity index is 336.